The summed E-state index contributed by atoms with van der Waals surface area (Å²) in [6.45, 7) is 6.52. The Balaban J connectivity index is 0.000000162. The fraction of sp³-hybridized carbons (Fsp3) is 0.357. The normalized spacial score (nSPS) is 21.3. The van der Waals surface area contributed by atoms with Gasteiger partial charge in [-0.25, -0.2) is 0 Å². The van der Waals surface area contributed by atoms with Crippen molar-refractivity contribution in [3.05, 3.63) is 71.0 Å². The summed E-state index contributed by atoms with van der Waals surface area (Å²) in [6, 6.07) is 13.8. The summed E-state index contributed by atoms with van der Waals surface area (Å²) in [5.74, 6) is -0.799. The summed E-state index contributed by atoms with van der Waals surface area (Å²) in [5, 5.41) is 15.7. The van der Waals surface area contributed by atoms with Crippen LogP contribution in [0.2, 0.25) is 5.02 Å². The van der Waals surface area contributed by atoms with Crippen LogP contribution in [-0.4, -0.2) is 63.3 Å². The molecular formula is C28H32ClN5O3. The van der Waals surface area contributed by atoms with Crippen LogP contribution in [0.1, 0.15) is 25.0 Å². The lowest BCUT2D eigenvalue weighted by Crippen LogP contribution is -2.60. The number of carboxylic acid groups (broad SMARTS) is 1. The van der Waals surface area contributed by atoms with Gasteiger partial charge >= 0.3 is 5.97 Å². The van der Waals surface area contributed by atoms with Crippen LogP contribution in [0.5, 0.6) is 0 Å². The summed E-state index contributed by atoms with van der Waals surface area (Å²) < 4.78 is 5.67. The number of fused-ring (bicyclic) bond motifs is 4. The highest BCUT2D eigenvalue weighted by Crippen LogP contribution is 2.31. The third-order valence-corrected chi connectivity index (χ3v) is 7.29. The number of aromatic nitrogens is 2. The topological polar surface area (TPSA) is 117 Å². The van der Waals surface area contributed by atoms with Gasteiger partial charge in [-0.05, 0) is 49.6 Å². The van der Waals surface area contributed by atoms with Crippen molar-refractivity contribution in [2.45, 2.75) is 44.5 Å². The van der Waals surface area contributed by atoms with Crippen molar-refractivity contribution in [2.75, 3.05) is 25.4 Å². The summed E-state index contributed by atoms with van der Waals surface area (Å²) in [6.07, 6.45) is 4.48. The number of hydrogen-bond acceptors (Lipinski definition) is 6. The smallest absolute Gasteiger partial charge is 0.323 e. The Bertz CT molecular complexity index is 1440. The molecule has 0 radical (unpaired) electrons. The van der Waals surface area contributed by atoms with Gasteiger partial charge < -0.3 is 25.9 Å². The molecule has 4 aromatic rings. The van der Waals surface area contributed by atoms with Crippen LogP contribution in [-0.2, 0) is 22.5 Å². The molecule has 8 nitrogen and oxygen atoms in total. The highest BCUT2D eigenvalue weighted by molar-refractivity contribution is 6.32. The largest absolute Gasteiger partial charge is 0.480 e. The first-order valence-electron chi connectivity index (χ1n) is 12.4. The second kappa shape index (κ2) is 10.3. The molecule has 0 amide bonds. The molecule has 1 saturated heterocycles. The molecule has 37 heavy (non-hydrogen) atoms. The zero-order chi connectivity index (χ0) is 26.2. The van der Waals surface area contributed by atoms with Crippen LogP contribution >= 0.6 is 11.6 Å². The van der Waals surface area contributed by atoms with E-state index in [9.17, 15) is 9.90 Å². The fourth-order valence-corrected chi connectivity index (χ4v) is 5.48. The molecule has 4 heterocycles. The number of nitrogens with two attached hydrogens (primary N) is 1. The third kappa shape index (κ3) is 5.57. The molecule has 2 aromatic heterocycles. The van der Waals surface area contributed by atoms with E-state index in [1.54, 1.807) is 18.5 Å². The number of rotatable bonds is 3. The predicted octanol–water partition coefficient (Wildman–Crippen LogP) is 4.22. The minimum atomic E-state index is -0.799. The molecule has 2 atom stereocenters. The SMILES string of the molecule is CC1(C)CN(CC2Cc3ccccc3CN2)C(C(=O)O)CO1.Nc1cc(Cl)cc2c1[nH]c1cnccc12. The van der Waals surface area contributed by atoms with Gasteiger partial charge in [-0.3, -0.25) is 14.7 Å². The number of nitrogen functional groups attached to an aromatic ring is 1. The lowest BCUT2D eigenvalue weighted by Gasteiger charge is -2.43. The number of nitrogens with one attached hydrogen (secondary N) is 2. The number of aliphatic carboxylic acids is 1. The quantitative estimate of drug-likeness (QED) is 0.298. The minimum absolute atomic E-state index is 0.256. The van der Waals surface area contributed by atoms with E-state index in [4.69, 9.17) is 22.1 Å². The Morgan fingerprint density at radius 2 is 2.03 bits per heavy atom. The minimum Gasteiger partial charge on any atom is -0.480 e. The number of H-pyrrole nitrogens is 1. The van der Waals surface area contributed by atoms with Gasteiger partial charge in [-0.15, -0.1) is 0 Å². The molecule has 2 aromatic carbocycles. The van der Waals surface area contributed by atoms with Crippen molar-refractivity contribution in [2.24, 2.45) is 0 Å². The number of morpholine rings is 1. The maximum absolute atomic E-state index is 11.5. The lowest BCUT2D eigenvalue weighted by molar-refractivity contribution is -0.162. The molecule has 6 rings (SSSR count). The monoisotopic (exact) mass is 521 g/mol. The first kappa shape index (κ1) is 25.5. The molecule has 1 fully saturated rings. The van der Waals surface area contributed by atoms with Gasteiger partial charge in [0.25, 0.3) is 0 Å². The van der Waals surface area contributed by atoms with Gasteiger partial charge in [0.05, 0.1) is 35.1 Å². The number of halogens is 1. The molecule has 0 saturated carbocycles. The molecule has 0 aliphatic carbocycles. The van der Waals surface area contributed by atoms with Crippen LogP contribution < -0.4 is 11.1 Å². The van der Waals surface area contributed by atoms with Crippen LogP contribution in [0.25, 0.3) is 21.8 Å². The summed E-state index contributed by atoms with van der Waals surface area (Å²) in [4.78, 5) is 20.8. The predicted molar refractivity (Wildman–Crippen MR) is 147 cm³/mol. The van der Waals surface area contributed by atoms with E-state index < -0.39 is 12.0 Å². The van der Waals surface area contributed by atoms with E-state index in [-0.39, 0.29) is 18.2 Å². The molecular weight excluding hydrogens is 490 g/mol. The van der Waals surface area contributed by atoms with Crippen molar-refractivity contribution < 1.29 is 14.6 Å². The van der Waals surface area contributed by atoms with Crippen LogP contribution in [0.4, 0.5) is 5.69 Å². The van der Waals surface area contributed by atoms with Gasteiger partial charge in [-0.1, -0.05) is 35.9 Å². The van der Waals surface area contributed by atoms with Crippen LogP contribution in [0.3, 0.4) is 0 Å². The van der Waals surface area contributed by atoms with Crippen molar-refractivity contribution in [1.29, 1.82) is 0 Å². The zero-order valence-corrected chi connectivity index (χ0v) is 21.8. The molecule has 2 aliphatic heterocycles. The Labute approximate surface area is 220 Å². The number of pyridine rings is 1. The maximum Gasteiger partial charge on any atom is 0.323 e. The number of nitrogens with zero attached hydrogens (tertiary/aromatic N) is 2. The first-order chi connectivity index (χ1) is 17.7. The average Bonchev–Trinajstić information content (AvgIpc) is 3.23. The van der Waals surface area contributed by atoms with Gasteiger partial charge in [0.1, 0.15) is 6.04 Å². The lowest BCUT2D eigenvalue weighted by atomic mass is 9.94. The Morgan fingerprint density at radius 3 is 2.81 bits per heavy atom. The molecule has 0 bridgehead atoms. The number of carboxylic acids is 1. The molecule has 9 heteroatoms. The molecule has 2 unspecified atom stereocenters. The second-order valence-corrected chi connectivity index (χ2v) is 10.8. The fourth-order valence-electron chi connectivity index (χ4n) is 5.25. The maximum atomic E-state index is 11.5. The van der Waals surface area contributed by atoms with Crippen molar-refractivity contribution in [3.8, 4) is 0 Å². The average molecular weight is 522 g/mol. The second-order valence-electron chi connectivity index (χ2n) is 10.4. The Hall–Kier alpha value is -3.17. The zero-order valence-electron chi connectivity index (χ0n) is 21.0. The number of hydrogen-bond donors (Lipinski definition) is 4. The summed E-state index contributed by atoms with van der Waals surface area (Å²) in [7, 11) is 0. The van der Waals surface area contributed by atoms with Crippen LogP contribution in [0, 0.1) is 0 Å². The highest BCUT2D eigenvalue weighted by atomic mass is 35.5. The van der Waals surface area contributed by atoms with E-state index in [0.717, 1.165) is 41.3 Å². The number of benzene rings is 2. The van der Waals surface area contributed by atoms with Gasteiger partial charge in [0, 0.05) is 47.7 Å². The Morgan fingerprint density at radius 1 is 1.24 bits per heavy atom. The number of aromatic amines is 1. The number of anilines is 1. The molecule has 0 spiro atoms. The van der Waals surface area contributed by atoms with Gasteiger partial charge in [0.2, 0.25) is 0 Å². The Kier molecular flexibility index (Phi) is 7.09. The van der Waals surface area contributed by atoms with E-state index in [1.807, 2.05) is 26.0 Å². The van der Waals surface area contributed by atoms with Crippen molar-refractivity contribution in [1.82, 2.24) is 20.2 Å². The summed E-state index contributed by atoms with van der Waals surface area (Å²) >= 11 is 5.97. The number of ether oxygens (including phenoxy) is 1. The highest BCUT2D eigenvalue weighted by Gasteiger charge is 2.38. The molecule has 5 N–H and O–H groups in total. The standard InChI is InChI=1S/C17H24N2O3.C11H8ClN3/c1-17(2)11-19(15(10-22-17)16(20)21)9-14-7-12-5-3-4-6-13(12)8-18-14;12-6-3-8-7-1-2-14-5-10(7)15-11(8)9(13)4-6/h3-6,14-15,18H,7-11H2,1-2H3,(H,20,21);1-5,15H,13H2. The van der Waals surface area contributed by atoms with Crippen molar-refractivity contribution >= 4 is 45.1 Å². The molecule has 194 valence electrons. The van der Waals surface area contributed by atoms with Crippen LogP contribution in [0.15, 0.2) is 54.9 Å². The summed E-state index contributed by atoms with van der Waals surface area (Å²) in [5.41, 5.74) is 10.9. The van der Waals surface area contributed by atoms with E-state index >= 15 is 0 Å². The third-order valence-electron chi connectivity index (χ3n) is 7.07. The van der Waals surface area contributed by atoms with E-state index in [1.165, 1.54) is 11.1 Å². The number of carbonyl (C=O) groups is 1. The first-order valence-corrected chi connectivity index (χ1v) is 12.8. The van der Waals surface area contributed by atoms with Gasteiger partial charge in [0.15, 0.2) is 0 Å². The van der Waals surface area contributed by atoms with E-state index in [2.05, 4.69) is 44.5 Å². The molecule has 2 aliphatic rings. The van der Waals surface area contributed by atoms with Gasteiger partial charge in [-0.2, -0.15) is 0 Å². The van der Waals surface area contributed by atoms with E-state index in [0.29, 0.717) is 17.3 Å². The van der Waals surface area contributed by atoms with Crippen molar-refractivity contribution in [3.63, 3.8) is 0 Å².